The molecule has 1 aromatic rings. The minimum absolute atomic E-state index is 0.0597. The Hall–Kier alpha value is -1.88. The second-order valence-corrected chi connectivity index (χ2v) is 4.82. The van der Waals surface area contributed by atoms with Gasteiger partial charge in [0.25, 0.3) is 0 Å². The Bertz CT molecular complexity index is 500. The molecule has 0 heterocycles. The Morgan fingerprint density at radius 1 is 1.35 bits per heavy atom. The van der Waals surface area contributed by atoms with E-state index in [0.29, 0.717) is 13.0 Å². The molecule has 0 radical (unpaired) electrons. The van der Waals surface area contributed by atoms with Crippen molar-refractivity contribution < 1.29 is 19.4 Å². The predicted molar refractivity (Wildman–Crippen MR) is 72.9 cm³/mol. The van der Waals surface area contributed by atoms with Crippen LogP contribution in [0.2, 0.25) is 0 Å². The fourth-order valence-electron chi connectivity index (χ4n) is 2.44. The van der Waals surface area contributed by atoms with Crippen LogP contribution in [0.25, 0.3) is 0 Å². The molecule has 20 heavy (non-hydrogen) atoms. The van der Waals surface area contributed by atoms with Crippen molar-refractivity contribution in [2.75, 3.05) is 6.61 Å². The average Bonchev–Trinajstić information content (AvgIpc) is 2.73. The number of esters is 1. The van der Waals surface area contributed by atoms with E-state index in [4.69, 9.17) is 4.74 Å². The van der Waals surface area contributed by atoms with Crippen molar-refractivity contribution in [3.63, 3.8) is 0 Å². The third-order valence-corrected chi connectivity index (χ3v) is 3.38. The van der Waals surface area contributed by atoms with E-state index in [-0.39, 0.29) is 30.8 Å². The maximum absolute atomic E-state index is 11.8. The van der Waals surface area contributed by atoms with Crippen molar-refractivity contribution in [3.05, 3.63) is 35.4 Å². The zero-order valence-corrected chi connectivity index (χ0v) is 11.5. The zero-order chi connectivity index (χ0) is 14.5. The van der Waals surface area contributed by atoms with Crippen LogP contribution in [-0.4, -0.2) is 29.7 Å². The van der Waals surface area contributed by atoms with E-state index in [2.05, 4.69) is 5.32 Å². The first kappa shape index (κ1) is 14.5. The number of ether oxygens (including phenoxy) is 1. The van der Waals surface area contributed by atoms with E-state index in [1.807, 2.05) is 24.3 Å². The molecule has 0 aliphatic heterocycles. The van der Waals surface area contributed by atoms with Crippen molar-refractivity contribution in [2.45, 2.75) is 38.3 Å². The fraction of sp³-hybridized carbons (Fsp3) is 0.467. The van der Waals surface area contributed by atoms with Crippen molar-refractivity contribution in [2.24, 2.45) is 0 Å². The molecule has 5 heteroatoms. The molecule has 1 aliphatic rings. The van der Waals surface area contributed by atoms with E-state index in [1.165, 1.54) is 0 Å². The van der Waals surface area contributed by atoms with Crippen molar-refractivity contribution in [1.82, 2.24) is 5.32 Å². The van der Waals surface area contributed by atoms with Gasteiger partial charge in [0.2, 0.25) is 5.91 Å². The molecular formula is C15H19NO4. The van der Waals surface area contributed by atoms with Gasteiger partial charge in [-0.25, -0.2) is 0 Å². The van der Waals surface area contributed by atoms with Crippen molar-refractivity contribution in [1.29, 1.82) is 0 Å². The summed E-state index contributed by atoms with van der Waals surface area (Å²) in [7, 11) is 0. The topological polar surface area (TPSA) is 75.6 Å². The summed E-state index contributed by atoms with van der Waals surface area (Å²) in [6.07, 6.45) is 0.0619. The summed E-state index contributed by atoms with van der Waals surface area (Å²) < 4.78 is 4.77. The third kappa shape index (κ3) is 3.36. The maximum atomic E-state index is 11.8. The highest BCUT2D eigenvalue weighted by Crippen LogP contribution is 2.31. The molecule has 0 aromatic heterocycles. The molecule has 108 valence electrons. The number of carbonyl (C=O) groups is 2. The van der Waals surface area contributed by atoms with E-state index in [1.54, 1.807) is 6.92 Å². The van der Waals surface area contributed by atoms with Crippen LogP contribution in [0.3, 0.4) is 0 Å². The van der Waals surface area contributed by atoms with Gasteiger partial charge in [0, 0.05) is 12.8 Å². The van der Waals surface area contributed by atoms with Crippen LogP contribution < -0.4 is 5.32 Å². The summed E-state index contributed by atoms with van der Waals surface area (Å²) in [5.74, 6) is -0.631. The minimum atomic E-state index is -0.612. The third-order valence-electron chi connectivity index (χ3n) is 3.38. The van der Waals surface area contributed by atoms with Crippen LogP contribution in [0.5, 0.6) is 0 Å². The first-order chi connectivity index (χ1) is 9.61. The standard InChI is InChI=1S/C15H19NO4/c1-2-20-14(19)8-7-13(18)16-15-11-6-4-3-5-10(11)9-12(15)17/h3-6,12,15,17H,2,7-9H2,1H3,(H,16,18). The van der Waals surface area contributed by atoms with Crippen LogP contribution in [0, 0.1) is 0 Å². The summed E-state index contributed by atoms with van der Waals surface area (Å²) in [6, 6.07) is 7.26. The second-order valence-electron chi connectivity index (χ2n) is 4.82. The highest BCUT2D eigenvalue weighted by Gasteiger charge is 2.31. The lowest BCUT2D eigenvalue weighted by molar-refractivity contribution is -0.144. The zero-order valence-electron chi connectivity index (χ0n) is 11.5. The lowest BCUT2D eigenvalue weighted by Crippen LogP contribution is -2.34. The summed E-state index contributed by atoms with van der Waals surface area (Å²) in [4.78, 5) is 23.0. The molecule has 5 nitrogen and oxygen atoms in total. The maximum Gasteiger partial charge on any atom is 0.306 e. The number of aliphatic hydroxyl groups is 1. The molecule has 0 saturated carbocycles. The van der Waals surface area contributed by atoms with E-state index < -0.39 is 6.10 Å². The first-order valence-corrected chi connectivity index (χ1v) is 6.82. The monoisotopic (exact) mass is 277 g/mol. The highest BCUT2D eigenvalue weighted by atomic mass is 16.5. The lowest BCUT2D eigenvalue weighted by Gasteiger charge is -2.17. The Kier molecular flexibility index (Phi) is 4.74. The fourth-order valence-corrected chi connectivity index (χ4v) is 2.44. The quantitative estimate of drug-likeness (QED) is 0.790. The molecule has 0 bridgehead atoms. The number of rotatable bonds is 5. The Labute approximate surface area is 117 Å². The molecule has 1 aliphatic carbocycles. The van der Waals surface area contributed by atoms with Crippen molar-refractivity contribution >= 4 is 11.9 Å². The molecular weight excluding hydrogens is 258 g/mol. The van der Waals surface area contributed by atoms with E-state index >= 15 is 0 Å². The van der Waals surface area contributed by atoms with E-state index in [0.717, 1.165) is 11.1 Å². The largest absolute Gasteiger partial charge is 0.466 e. The number of fused-ring (bicyclic) bond motifs is 1. The molecule has 1 amide bonds. The van der Waals surface area contributed by atoms with Crippen LogP contribution in [0.4, 0.5) is 0 Å². The molecule has 0 spiro atoms. The van der Waals surface area contributed by atoms with E-state index in [9.17, 15) is 14.7 Å². The predicted octanol–water partition coefficient (Wildman–Crippen LogP) is 1.10. The van der Waals surface area contributed by atoms with Crippen LogP contribution >= 0.6 is 0 Å². The number of benzene rings is 1. The number of nitrogens with one attached hydrogen (secondary N) is 1. The van der Waals surface area contributed by atoms with Gasteiger partial charge < -0.3 is 15.2 Å². The number of carbonyl (C=O) groups excluding carboxylic acids is 2. The Morgan fingerprint density at radius 2 is 2.10 bits per heavy atom. The van der Waals surface area contributed by atoms with Gasteiger partial charge >= 0.3 is 5.97 Å². The van der Waals surface area contributed by atoms with Gasteiger partial charge in [0.1, 0.15) is 0 Å². The number of hydrogen-bond donors (Lipinski definition) is 2. The van der Waals surface area contributed by atoms with Gasteiger partial charge in [0.15, 0.2) is 0 Å². The van der Waals surface area contributed by atoms with Crippen LogP contribution in [0.15, 0.2) is 24.3 Å². The number of amides is 1. The van der Waals surface area contributed by atoms with Crippen LogP contribution in [-0.2, 0) is 20.7 Å². The Balaban J connectivity index is 1.90. The first-order valence-electron chi connectivity index (χ1n) is 6.82. The summed E-state index contributed by atoms with van der Waals surface area (Å²) >= 11 is 0. The van der Waals surface area contributed by atoms with Crippen molar-refractivity contribution in [3.8, 4) is 0 Å². The molecule has 2 rings (SSSR count). The Morgan fingerprint density at radius 3 is 2.85 bits per heavy atom. The molecule has 2 N–H and O–H groups in total. The number of hydrogen-bond acceptors (Lipinski definition) is 4. The molecule has 0 fully saturated rings. The number of aliphatic hydroxyl groups excluding tert-OH is 1. The molecule has 0 saturated heterocycles. The molecule has 1 aromatic carbocycles. The minimum Gasteiger partial charge on any atom is -0.466 e. The normalized spacial score (nSPS) is 20.3. The lowest BCUT2D eigenvalue weighted by atomic mass is 10.1. The summed E-state index contributed by atoms with van der Waals surface area (Å²) in [5, 5.41) is 12.8. The van der Waals surface area contributed by atoms with Gasteiger partial charge in [-0.2, -0.15) is 0 Å². The summed E-state index contributed by atoms with van der Waals surface area (Å²) in [5.41, 5.74) is 2.00. The van der Waals surface area contributed by atoms with Gasteiger partial charge in [-0.1, -0.05) is 24.3 Å². The van der Waals surface area contributed by atoms with Gasteiger partial charge in [-0.3, -0.25) is 9.59 Å². The average molecular weight is 277 g/mol. The van der Waals surface area contributed by atoms with Gasteiger partial charge in [-0.05, 0) is 18.1 Å². The SMILES string of the molecule is CCOC(=O)CCC(=O)NC1c2ccccc2CC1O. The van der Waals surface area contributed by atoms with Crippen LogP contribution in [0.1, 0.15) is 36.9 Å². The van der Waals surface area contributed by atoms with Gasteiger partial charge in [0.05, 0.1) is 25.2 Å². The highest BCUT2D eigenvalue weighted by molar-refractivity contribution is 5.81. The second kappa shape index (κ2) is 6.52. The van der Waals surface area contributed by atoms with Gasteiger partial charge in [-0.15, -0.1) is 0 Å². The smallest absolute Gasteiger partial charge is 0.306 e. The molecule has 2 unspecified atom stereocenters. The summed E-state index contributed by atoms with van der Waals surface area (Å²) in [6.45, 7) is 2.04. The molecule has 2 atom stereocenters.